The summed E-state index contributed by atoms with van der Waals surface area (Å²) in [5.41, 5.74) is 0.924. The molecule has 138 valence electrons. The number of aromatic nitrogens is 1. The summed E-state index contributed by atoms with van der Waals surface area (Å²) in [6.45, 7) is 4.03. The number of hydrogen-bond acceptors (Lipinski definition) is 5. The van der Waals surface area contributed by atoms with Gasteiger partial charge in [0, 0.05) is 50.0 Å². The third-order valence-corrected chi connectivity index (χ3v) is 4.09. The first-order chi connectivity index (χ1) is 11.7. The molecule has 1 heterocycles. The maximum atomic E-state index is 5.71. The second kappa shape index (κ2) is 12.0. The fourth-order valence-electron chi connectivity index (χ4n) is 2.03. The van der Waals surface area contributed by atoms with Crippen LogP contribution in [0.3, 0.4) is 0 Å². The van der Waals surface area contributed by atoms with Gasteiger partial charge in [0.2, 0.25) is 0 Å². The van der Waals surface area contributed by atoms with Crippen LogP contribution in [0.2, 0.25) is 0 Å². The van der Waals surface area contributed by atoms with E-state index in [-0.39, 0.29) is 24.0 Å². The van der Waals surface area contributed by atoms with E-state index in [0.717, 1.165) is 22.9 Å². The van der Waals surface area contributed by atoms with Gasteiger partial charge in [-0.05, 0) is 19.1 Å². The number of guanidine groups is 1. The van der Waals surface area contributed by atoms with Crippen molar-refractivity contribution in [3.63, 3.8) is 0 Å². The van der Waals surface area contributed by atoms with Crippen molar-refractivity contribution < 1.29 is 9.47 Å². The van der Waals surface area contributed by atoms with Crippen LogP contribution in [0.5, 0.6) is 5.75 Å². The van der Waals surface area contributed by atoms with Gasteiger partial charge in [0.1, 0.15) is 5.75 Å². The summed E-state index contributed by atoms with van der Waals surface area (Å²) >= 11 is 1.68. The highest BCUT2D eigenvalue weighted by molar-refractivity contribution is 14.0. The van der Waals surface area contributed by atoms with Gasteiger partial charge in [0.25, 0.3) is 0 Å². The van der Waals surface area contributed by atoms with Crippen molar-refractivity contribution in [3.05, 3.63) is 40.3 Å². The number of hydrogen-bond donors (Lipinski definition) is 2. The molecule has 0 saturated carbocycles. The Labute approximate surface area is 170 Å². The lowest BCUT2D eigenvalue weighted by Crippen LogP contribution is -2.29. The number of aliphatic imine (C=N–C) groups is 1. The number of ether oxygens (including phenoxy) is 2. The second-order valence-electron chi connectivity index (χ2n) is 5.12. The third kappa shape index (κ3) is 8.02. The van der Waals surface area contributed by atoms with Gasteiger partial charge < -0.3 is 20.1 Å². The lowest BCUT2D eigenvalue weighted by atomic mass is 10.3. The number of nitrogens with zero attached hydrogens (tertiary/aromatic N) is 2. The zero-order valence-electron chi connectivity index (χ0n) is 14.7. The molecule has 0 amide bonds. The van der Waals surface area contributed by atoms with Crippen molar-refractivity contribution in [2.24, 2.45) is 4.99 Å². The molecule has 0 saturated heterocycles. The molecule has 2 N–H and O–H groups in total. The monoisotopic (exact) mass is 476 g/mol. The number of nitrogens with one attached hydrogen (secondary N) is 2. The minimum absolute atomic E-state index is 0. The molecule has 8 heteroatoms. The molecule has 25 heavy (non-hydrogen) atoms. The average Bonchev–Trinajstić information content (AvgIpc) is 3.01. The molecule has 2 rings (SSSR count). The second-order valence-corrected chi connectivity index (χ2v) is 6.44. The van der Waals surface area contributed by atoms with Gasteiger partial charge in [-0.2, -0.15) is 0 Å². The molecule has 0 atom stereocenters. The SMILES string of the molecule is CN=C(NCc1cnc(C)s1)Nc1cccc(OCCCOC)c1.I. The van der Waals surface area contributed by atoms with Gasteiger partial charge in [0.05, 0.1) is 18.2 Å². The van der Waals surface area contributed by atoms with Crippen molar-refractivity contribution in [1.29, 1.82) is 0 Å². The van der Waals surface area contributed by atoms with E-state index in [0.29, 0.717) is 25.7 Å². The van der Waals surface area contributed by atoms with Gasteiger partial charge in [-0.3, -0.25) is 4.99 Å². The lowest BCUT2D eigenvalue weighted by molar-refractivity contribution is 0.172. The molecule has 0 spiro atoms. The quantitative estimate of drug-likeness (QED) is 0.264. The first kappa shape index (κ1) is 21.7. The lowest BCUT2D eigenvalue weighted by Gasteiger charge is -2.12. The van der Waals surface area contributed by atoms with Crippen LogP contribution in [0.4, 0.5) is 5.69 Å². The Morgan fingerprint density at radius 2 is 2.16 bits per heavy atom. The maximum absolute atomic E-state index is 5.71. The van der Waals surface area contributed by atoms with E-state index in [4.69, 9.17) is 9.47 Å². The first-order valence-electron chi connectivity index (χ1n) is 7.82. The summed E-state index contributed by atoms with van der Waals surface area (Å²) in [7, 11) is 3.44. The Hall–Kier alpha value is -1.39. The molecular weight excluding hydrogens is 451 g/mol. The van der Waals surface area contributed by atoms with Crippen LogP contribution < -0.4 is 15.4 Å². The predicted molar refractivity (Wildman–Crippen MR) is 115 cm³/mol. The van der Waals surface area contributed by atoms with E-state index in [9.17, 15) is 0 Å². The van der Waals surface area contributed by atoms with E-state index in [1.165, 1.54) is 4.88 Å². The fraction of sp³-hybridized carbons (Fsp3) is 0.412. The van der Waals surface area contributed by atoms with Gasteiger partial charge >= 0.3 is 0 Å². The van der Waals surface area contributed by atoms with Crippen LogP contribution in [0.25, 0.3) is 0 Å². The summed E-state index contributed by atoms with van der Waals surface area (Å²) in [4.78, 5) is 9.67. The number of aryl methyl sites for hydroxylation is 1. The molecule has 1 aromatic heterocycles. The van der Waals surface area contributed by atoms with Crippen molar-refractivity contribution in [3.8, 4) is 5.75 Å². The average molecular weight is 476 g/mol. The maximum Gasteiger partial charge on any atom is 0.195 e. The third-order valence-electron chi connectivity index (χ3n) is 3.18. The zero-order valence-corrected chi connectivity index (χ0v) is 17.9. The summed E-state index contributed by atoms with van der Waals surface area (Å²) in [6.07, 6.45) is 2.75. The largest absolute Gasteiger partial charge is 0.493 e. The van der Waals surface area contributed by atoms with Crippen LogP contribution in [-0.4, -0.2) is 38.3 Å². The van der Waals surface area contributed by atoms with E-state index < -0.39 is 0 Å². The number of benzene rings is 1. The van der Waals surface area contributed by atoms with Crippen molar-refractivity contribution in [2.75, 3.05) is 32.7 Å². The molecule has 0 aliphatic carbocycles. The van der Waals surface area contributed by atoms with Gasteiger partial charge in [-0.25, -0.2) is 4.98 Å². The minimum atomic E-state index is 0. The van der Waals surface area contributed by atoms with E-state index in [2.05, 4.69) is 20.6 Å². The van der Waals surface area contributed by atoms with Gasteiger partial charge in [0.15, 0.2) is 5.96 Å². The summed E-state index contributed by atoms with van der Waals surface area (Å²) in [6, 6.07) is 7.82. The minimum Gasteiger partial charge on any atom is -0.493 e. The highest BCUT2D eigenvalue weighted by atomic mass is 127. The van der Waals surface area contributed by atoms with Crippen molar-refractivity contribution in [2.45, 2.75) is 19.9 Å². The van der Waals surface area contributed by atoms with Crippen LogP contribution in [-0.2, 0) is 11.3 Å². The molecule has 0 radical (unpaired) electrons. The smallest absolute Gasteiger partial charge is 0.195 e. The highest BCUT2D eigenvalue weighted by Crippen LogP contribution is 2.17. The summed E-state index contributed by atoms with van der Waals surface area (Å²) in [5.74, 6) is 1.53. The number of thiazole rings is 1. The Morgan fingerprint density at radius 3 is 2.84 bits per heavy atom. The molecule has 1 aromatic carbocycles. The standard InChI is InChI=1S/C17H24N4O2S.HI/c1-13-19-11-16(24-13)12-20-17(18-2)21-14-6-4-7-15(10-14)23-9-5-8-22-3;/h4,6-7,10-11H,5,8-9,12H2,1-3H3,(H2,18,20,21);1H. The van der Waals surface area contributed by atoms with Crippen LogP contribution in [0.15, 0.2) is 35.5 Å². The molecule has 0 aliphatic heterocycles. The topological polar surface area (TPSA) is 67.8 Å². The Kier molecular flexibility index (Phi) is 10.4. The van der Waals surface area contributed by atoms with Crippen LogP contribution in [0, 0.1) is 6.92 Å². The molecule has 0 bridgehead atoms. The number of methoxy groups -OCH3 is 1. The Balaban J connectivity index is 0.00000312. The van der Waals surface area contributed by atoms with Gasteiger partial charge in [-0.1, -0.05) is 6.07 Å². The molecule has 2 aromatic rings. The van der Waals surface area contributed by atoms with Crippen molar-refractivity contribution >= 4 is 47.0 Å². The predicted octanol–water partition coefficient (Wildman–Crippen LogP) is 3.67. The number of halogens is 1. The fourth-order valence-corrected chi connectivity index (χ4v) is 2.77. The normalized spacial score (nSPS) is 10.9. The van der Waals surface area contributed by atoms with E-state index in [1.54, 1.807) is 25.5 Å². The Bertz CT molecular complexity index is 664. The zero-order chi connectivity index (χ0) is 17.2. The van der Waals surface area contributed by atoms with Gasteiger partial charge in [-0.15, -0.1) is 35.3 Å². The van der Waals surface area contributed by atoms with Crippen LogP contribution in [0.1, 0.15) is 16.3 Å². The molecule has 0 unspecified atom stereocenters. The van der Waals surface area contributed by atoms with Crippen molar-refractivity contribution in [1.82, 2.24) is 10.3 Å². The Morgan fingerprint density at radius 1 is 1.32 bits per heavy atom. The van der Waals surface area contributed by atoms with E-state index in [1.807, 2.05) is 37.4 Å². The molecule has 6 nitrogen and oxygen atoms in total. The highest BCUT2D eigenvalue weighted by Gasteiger charge is 2.03. The molecule has 0 fully saturated rings. The number of rotatable bonds is 8. The number of anilines is 1. The summed E-state index contributed by atoms with van der Waals surface area (Å²) < 4.78 is 10.7. The molecule has 0 aliphatic rings. The van der Waals surface area contributed by atoms with Crippen LogP contribution >= 0.6 is 35.3 Å². The van der Waals surface area contributed by atoms with E-state index >= 15 is 0 Å². The first-order valence-corrected chi connectivity index (χ1v) is 8.63. The summed E-state index contributed by atoms with van der Waals surface area (Å²) in [5, 5.41) is 7.61. The molecular formula is C17H25IN4O2S.